The fourth-order valence-corrected chi connectivity index (χ4v) is 2.13. The Balaban J connectivity index is 3.70. The largest absolute Gasteiger partial charge is 0.466 e. The van der Waals surface area contributed by atoms with Gasteiger partial charge in [-0.1, -0.05) is 19.8 Å². The van der Waals surface area contributed by atoms with Gasteiger partial charge in [-0.25, -0.2) is 0 Å². The van der Waals surface area contributed by atoms with E-state index in [-0.39, 0.29) is 13.2 Å². The smallest absolute Gasteiger partial charge is 0.395 e. The second kappa shape index (κ2) is 10.1. The van der Waals surface area contributed by atoms with Crippen LogP contribution in [-0.4, -0.2) is 41.9 Å². The van der Waals surface area contributed by atoms with Crippen LogP contribution < -0.4 is 5.09 Å². The van der Waals surface area contributed by atoms with Crippen molar-refractivity contribution in [2.45, 2.75) is 45.1 Å². The summed E-state index contributed by atoms with van der Waals surface area (Å²) in [5, 5.41) is 20.7. The second-order valence-electron chi connectivity index (χ2n) is 3.65. The van der Waals surface area contributed by atoms with Crippen LogP contribution in [0.2, 0.25) is 0 Å². The molecular weight excluding hydrogens is 229 g/mol. The minimum absolute atomic E-state index is 0.0977. The van der Waals surface area contributed by atoms with Gasteiger partial charge in [0.1, 0.15) is 6.10 Å². The van der Waals surface area contributed by atoms with Crippen molar-refractivity contribution in [3.8, 4) is 0 Å². The van der Waals surface area contributed by atoms with Crippen molar-refractivity contribution in [3.63, 3.8) is 0 Å². The monoisotopic (exact) mass is 252 g/mol. The van der Waals surface area contributed by atoms with Crippen molar-refractivity contribution in [3.05, 3.63) is 0 Å². The molecule has 3 unspecified atom stereocenters. The summed E-state index contributed by atoms with van der Waals surface area (Å²) in [5.74, 6) is -1.02. The van der Waals surface area contributed by atoms with E-state index in [2.05, 4.69) is 12.0 Å². The zero-order valence-corrected chi connectivity index (χ0v) is 10.9. The van der Waals surface area contributed by atoms with Gasteiger partial charge in [0.05, 0.1) is 13.2 Å². The summed E-state index contributed by atoms with van der Waals surface area (Å²) >= 11 is 0. The third-order valence-corrected chi connectivity index (χ3v) is 3.60. The number of hydrogen-bond acceptors (Lipinski definition) is 4. The highest BCUT2D eigenvalue weighted by Crippen LogP contribution is 2.24. The number of aliphatic hydroxyl groups is 2. The SMILES string of the molecule is CCCCCOC(C)C(O)[P+](=O)NCCO. The minimum atomic E-state index is -1.94. The number of unbranched alkanes of at least 4 members (excludes halogenated alkanes) is 2. The van der Waals surface area contributed by atoms with Crippen LogP contribution in [0.5, 0.6) is 0 Å². The van der Waals surface area contributed by atoms with Gasteiger partial charge in [-0.2, -0.15) is 0 Å². The molecule has 0 bridgehead atoms. The van der Waals surface area contributed by atoms with Gasteiger partial charge < -0.3 is 14.9 Å². The van der Waals surface area contributed by atoms with Gasteiger partial charge in [0.15, 0.2) is 0 Å². The molecule has 0 aromatic carbocycles. The van der Waals surface area contributed by atoms with Crippen LogP contribution in [0, 0.1) is 0 Å². The Morgan fingerprint density at radius 3 is 2.69 bits per heavy atom. The first kappa shape index (κ1) is 15.9. The standard InChI is InChI=1S/C10H23NO4P/c1-3-4-5-8-15-9(2)10(13)16(14)11-6-7-12/h9-10,12-13H,3-8H2,1-2H3,(H,11,14)/q+1. The first-order valence-corrected chi connectivity index (χ1v) is 7.06. The van der Waals surface area contributed by atoms with Gasteiger partial charge >= 0.3 is 7.95 Å². The molecule has 16 heavy (non-hydrogen) atoms. The molecule has 0 aliphatic rings. The summed E-state index contributed by atoms with van der Waals surface area (Å²) in [6.45, 7) is 4.50. The summed E-state index contributed by atoms with van der Waals surface area (Å²) in [6.07, 6.45) is 2.71. The fraction of sp³-hybridized carbons (Fsp3) is 1.00. The predicted octanol–water partition coefficient (Wildman–Crippen LogP) is 1.22. The van der Waals surface area contributed by atoms with Gasteiger partial charge in [0.2, 0.25) is 0 Å². The Kier molecular flexibility index (Phi) is 10.1. The van der Waals surface area contributed by atoms with E-state index in [4.69, 9.17) is 9.84 Å². The highest BCUT2D eigenvalue weighted by Gasteiger charge is 2.34. The van der Waals surface area contributed by atoms with Crippen LogP contribution in [-0.2, 0) is 9.30 Å². The Labute approximate surface area is 98.0 Å². The fourth-order valence-electron chi connectivity index (χ4n) is 1.15. The van der Waals surface area contributed by atoms with Crippen molar-refractivity contribution >= 4 is 7.95 Å². The van der Waals surface area contributed by atoms with Crippen LogP contribution in [0.15, 0.2) is 0 Å². The van der Waals surface area contributed by atoms with Gasteiger partial charge in [0, 0.05) is 6.61 Å². The minimum Gasteiger partial charge on any atom is -0.395 e. The van der Waals surface area contributed by atoms with E-state index in [0.29, 0.717) is 6.61 Å². The molecule has 96 valence electrons. The molecule has 3 atom stereocenters. The zero-order chi connectivity index (χ0) is 12.4. The van der Waals surface area contributed by atoms with Gasteiger partial charge in [0.25, 0.3) is 5.85 Å². The van der Waals surface area contributed by atoms with E-state index in [1.54, 1.807) is 6.92 Å². The Morgan fingerprint density at radius 2 is 2.12 bits per heavy atom. The molecule has 5 nitrogen and oxygen atoms in total. The molecule has 0 saturated heterocycles. The van der Waals surface area contributed by atoms with E-state index < -0.39 is 19.9 Å². The van der Waals surface area contributed by atoms with Crippen LogP contribution in [0.4, 0.5) is 0 Å². The summed E-state index contributed by atoms with van der Waals surface area (Å²) in [7, 11) is -1.94. The normalized spacial score (nSPS) is 15.9. The van der Waals surface area contributed by atoms with E-state index in [1.165, 1.54) is 0 Å². The molecule has 0 spiro atoms. The molecule has 0 rings (SSSR count). The lowest BCUT2D eigenvalue weighted by Gasteiger charge is -2.12. The quantitative estimate of drug-likeness (QED) is 0.402. The first-order chi connectivity index (χ1) is 7.63. The average Bonchev–Trinajstić information content (AvgIpc) is 2.30. The van der Waals surface area contributed by atoms with E-state index >= 15 is 0 Å². The van der Waals surface area contributed by atoms with Crippen LogP contribution in [0.25, 0.3) is 0 Å². The molecule has 0 aromatic rings. The molecule has 3 N–H and O–H groups in total. The molecular formula is C10H23NO4P+. The van der Waals surface area contributed by atoms with Crippen molar-refractivity contribution in [1.29, 1.82) is 0 Å². The van der Waals surface area contributed by atoms with E-state index in [1.807, 2.05) is 0 Å². The summed E-state index contributed by atoms with van der Waals surface area (Å²) in [5.41, 5.74) is 0. The lowest BCUT2D eigenvalue weighted by Crippen LogP contribution is -2.27. The van der Waals surface area contributed by atoms with Crippen LogP contribution in [0.1, 0.15) is 33.1 Å². The third kappa shape index (κ3) is 7.25. The maximum Gasteiger partial charge on any atom is 0.466 e. The third-order valence-electron chi connectivity index (χ3n) is 2.17. The summed E-state index contributed by atoms with van der Waals surface area (Å²) in [6, 6.07) is 0. The zero-order valence-electron chi connectivity index (χ0n) is 10.1. The molecule has 6 heteroatoms. The topological polar surface area (TPSA) is 78.8 Å². The summed E-state index contributed by atoms with van der Waals surface area (Å²) < 4.78 is 16.8. The van der Waals surface area contributed by atoms with Gasteiger partial charge in [-0.15, -0.1) is 5.09 Å². The van der Waals surface area contributed by atoms with Gasteiger partial charge in [-0.05, 0) is 17.9 Å². The van der Waals surface area contributed by atoms with Gasteiger partial charge in [-0.3, -0.25) is 0 Å². The molecule has 0 radical (unpaired) electrons. The van der Waals surface area contributed by atoms with E-state index in [9.17, 15) is 9.67 Å². The molecule has 0 aliphatic heterocycles. The molecule has 0 amide bonds. The maximum absolute atomic E-state index is 11.4. The molecule has 0 fully saturated rings. The highest BCUT2D eigenvalue weighted by molar-refractivity contribution is 7.43. The maximum atomic E-state index is 11.4. The molecule has 0 saturated carbocycles. The lowest BCUT2D eigenvalue weighted by molar-refractivity contribution is 0.00531. The number of nitrogens with one attached hydrogen (secondary N) is 1. The Morgan fingerprint density at radius 1 is 1.44 bits per heavy atom. The number of ether oxygens (including phenoxy) is 1. The van der Waals surface area contributed by atoms with Crippen molar-refractivity contribution in [2.75, 3.05) is 19.8 Å². The Hall–Kier alpha value is -0.0600. The molecule has 0 aromatic heterocycles. The number of aliphatic hydroxyl groups excluding tert-OH is 2. The Bertz CT molecular complexity index is 192. The summed E-state index contributed by atoms with van der Waals surface area (Å²) in [4.78, 5) is 0. The van der Waals surface area contributed by atoms with Crippen LogP contribution in [0.3, 0.4) is 0 Å². The van der Waals surface area contributed by atoms with Crippen molar-refractivity contribution in [2.24, 2.45) is 0 Å². The highest BCUT2D eigenvalue weighted by atomic mass is 31.1. The average molecular weight is 252 g/mol. The van der Waals surface area contributed by atoms with Crippen molar-refractivity contribution in [1.82, 2.24) is 5.09 Å². The predicted molar refractivity (Wildman–Crippen MR) is 63.6 cm³/mol. The second-order valence-corrected chi connectivity index (χ2v) is 5.15. The molecule has 0 heterocycles. The number of rotatable bonds is 10. The molecule has 0 aliphatic carbocycles. The number of hydrogen-bond donors (Lipinski definition) is 3. The van der Waals surface area contributed by atoms with E-state index in [0.717, 1.165) is 19.3 Å². The van der Waals surface area contributed by atoms with Crippen molar-refractivity contribution < 1.29 is 19.5 Å². The first-order valence-electron chi connectivity index (χ1n) is 5.73. The lowest BCUT2D eigenvalue weighted by atomic mass is 10.3. The van der Waals surface area contributed by atoms with Crippen LogP contribution >= 0.6 is 7.95 Å².